The molecule has 0 bridgehead atoms. The second kappa shape index (κ2) is 3.82. The average molecular weight is 189 g/mol. The van der Waals surface area contributed by atoms with Gasteiger partial charge in [0.25, 0.3) is 0 Å². The molecular weight excluding hydrogens is 174 g/mol. The fourth-order valence-corrected chi connectivity index (χ4v) is 1.69. The lowest BCUT2D eigenvalue weighted by Gasteiger charge is -2.07. The minimum Gasteiger partial charge on any atom is -0.361 e. The Kier molecular flexibility index (Phi) is 2.52. The molecule has 0 saturated carbocycles. The van der Waals surface area contributed by atoms with Gasteiger partial charge in [0, 0.05) is 23.1 Å². The van der Waals surface area contributed by atoms with Gasteiger partial charge in [-0.3, -0.25) is 11.3 Å². The van der Waals surface area contributed by atoms with Gasteiger partial charge in [-0.1, -0.05) is 18.2 Å². The zero-order chi connectivity index (χ0) is 9.97. The number of aromatic amines is 1. The zero-order valence-corrected chi connectivity index (χ0v) is 8.25. The zero-order valence-electron chi connectivity index (χ0n) is 8.25. The van der Waals surface area contributed by atoms with Crippen LogP contribution in [0.25, 0.3) is 10.9 Å². The van der Waals surface area contributed by atoms with Gasteiger partial charge >= 0.3 is 0 Å². The molecule has 2 rings (SSSR count). The van der Waals surface area contributed by atoms with E-state index in [0.717, 1.165) is 6.42 Å². The molecule has 1 aromatic heterocycles. The van der Waals surface area contributed by atoms with Crippen molar-refractivity contribution in [2.75, 3.05) is 0 Å². The molecular formula is C11H15N3. The largest absolute Gasteiger partial charge is 0.361 e. The number of rotatable bonds is 3. The maximum Gasteiger partial charge on any atom is 0.0456 e. The van der Waals surface area contributed by atoms with Gasteiger partial charge in [0.15, 0.2) is 0 Å². The number of nitrogens with two attached hydrogens (primary N) is 1. The molecule has 0 aliphatic carbocycles. The number of nitrogens with one attached hydrogen (secondary N) is 2. The third kappa shape index (κ3) is 1.64. The summed E-state index contributed by atoms with van der Waals surface area (Å²) >= 11 is 0. The monoisotopic (exact) mass is 189 g/mol. The highest BCUT2D eigenvalue weighted by atomic mass is 15.2. The molecule has 0 unspecified atom stereocenters. The molecule has 0 radical (unpaired) electrons. The summed E-state index contributed by atoms with van der Waals surface area (Å²) in [5.74, 6) is 5.37. The van der Waals surface area contributed by atoms with Crippen LogP contribution in [0.2, 0.25) is 0 Å². The van der Waals surface area contributed by atoms with Gasteiger partial charge in [-0.25, -0.2) is 0 Å². The molecule has 74 valence electrons. The van der Waals surface area contributed by atoms with Crippen LogP contribution in [0, 0.1) is 0 Å². The van der Waals surface area contributed by atoms with Crippen LogP contribution in [-0.2, 0) is 6.42 Å². The third-order valence-corrected chi connectivity index (χ3v) is 2.49. The summed E-state index contributed by atoms with van der Waals surface area (Å²) in [5, 5.41) is 1.29. The van der Waals surface area contributed by atoms with E-state index in [1.165, 1.54) is 16.5 Å². The summed E-state index contributed by atoms with van der Waals surface area (Å²) in [4.78, 5) is 3.25. The molecule has 1 atom stereocenters. The van der Waals surface area contributed by atoms with Crippen molar-refractivity contribution in [2.24, 2.45) is 5.84 Å². The van der Waals surface area contributed by atoms with E-state index in [4.69, 9.17) is 5.84 Å². The summed E-state index contributed by atoms with van der Waals surface area (Å²) in [6, 6.07) is 8.60. The summed E-state index contributed by atoms with van der Waals surface area (Å²) < 4.78 is 0. The van der Waals surface area contributed by atoms with Crippen LogP contribution in [-0.4, -0.2) is 11.0 Å². The number of para-hydroxylation sites is 1. The molecule has 0 fully saturated rings. The molecule has 0 amide bonds. The van der Waals surface area contributed by atoms with Gasteiger partial charge in [0.2, 0.25) is 0 Å². The Morgan fingerprint density at radius 2 is 2.21 bits per heavy atom. The maximum atomic E-state index is 5.37. The van der Waals surface area contributed by atoms with Gasteiger partial charge < -0.3 is 4.98 Å². The molecule has 2 aromatic rings. The Balaban J connectivity index is 2.33. The molecule has 0 aliphatic rings. The predicted molar refractivity (Wildman–Crippen MR) is 58.8 cm³/mol. The molecule has 3 heteroatoms. The molecule has 14 heavy (non-hydrogen) atoms. The second-order valence-corrected chi connectivity index (χ2v) is 3.63. The lowest BCUT2D eigenvalue weighted by Crippen LogP contribution is -2.33. The predicted octanol–water partition coefficient (Wildman–Crippen LogP) is 1.56. The fourth-order valence-electron chi connectivity index (χ4n) is 1.69. The Morgan fingerprint density at radius 3 is 3.00 bits per heavy atom. The topological polar surface area (TPSA) is 53.8 Å². The highest BCUT2D eigenvalue weighted by Gasteiger charge is 2.05. The first kappa shape index (κ1) is 9.24. The standard InChI is InChI=1S/C11H15N3/c1-8(14-12)6-9-7-13-11-5-3-2-4-10(9)11/h2-5,7-8,13-14H,6,12H2,1H3/t8-/m1/s1. The third-order valence-electron chi connectivity index (χ3n) is 2.49. The van der Waals surface area contributed by atoms with Gasteiger partial charge in [-0.15, -0.1) is 0 Å². The number of hydrogen-bond acceptors (Lipinski definition) is 2. The first-order chi connectivity index (χ1) is 6.81. The van der Waals surface area contributed by atoms with E-state index < -0.39 is 0 Å². The highest BCUT2D eigenvalue weighted by molar-refractivity contribution is 5.83. The van der Waals surface area contributed by atoms with Gasteiger partial charge in [0.05, 0.1) is 0 Å². The van der Waals surface area contributed by atoms with Crippen molar-refractivity contribution < 1.29 is 0 Å². The van der Waals surface area contributed by atoms with Crippen molar-refractivity contribution in [3.05, 3.63) is 36.0 Å². The highest BCUT2D eigenvalue weighted by Crippen LogP contribution is 2.18. The number of benzene rings is 1. The SMILES string of the molecule is C[C@H](Cc1c[nH]c2ccccc12)NN. The number of hydrogen-bond donors (Lipinski definition) is 3. The summed E-state index contributed by atoms with van der Waals surface area (Å²) in [6.07, 6.45) is 3.00. The van der Waals surface area contributed by atoms with E-state index in [2.05, 4.69) is 41.7 Å². The summed E-state index contributed by atoms with van der Waals surface area (Å²) in [6.45, 7) is 2.07. The maximum absolute atomic E-state index is 5.37. The lowest BCUT2D eigenvalue weighted by molar-refractivity contribution is 0.569. The van der Waals surface area contributed by atoms with Crippen LogP contribution in [0.1, 0.15) is 12.5 Å². The van der Waals surface area contributed by atoms with Crippen LogP contribution < -0.4 is 11.3 Å². The Bertz CT molecular complexity index is 419. The van der Waals surface area contributed by atoms with E-state index in [0.29, 0.717) is 6.04 Å². The summed E-state index contributed by atoms with van der Waals surface area (Å²) in [5.41, 5.74) is 5.25. The van der Waals surface area contributed by atoms with Crippen LogP contribution in [0.3, 0.4) is 0 Å². The van der Waals surface area contributed by atoms with Crippen LogP contribution in [0.15, 0.2) is 30.5 Å². The van der Waals surface area contributed by atoms with E-state index in [-0.39, 0.29) is 0 Å². The normalized spacial score (nSPS) is 13.3. The van der Waals surface area contributed by atoms with Crippen LogP contribution in [0.5, 0.6) is 0 Å². The lowest BCUT2D eigenvalue weighted by atomic mass is 10.1. The molecule has 1 aromatic carbocycles. The van der Waals surface area contributed by atoms with Crippen LogP contribution >= 0.6 is 0 Å². The van der Waals surface area contributed by atoms with E-state index in [1.54, 1.807) is 0 Å². The van der Waals surface area contributed by atoms with Gasteiger partial charge in [0.1, 0.15) is 0 Å². The van der Waals surface area contributed by atoms with E-state index >= 15 is 0 Å². The molecule has 3 nitrogen and oxygen atoms in total. The quantitative estimate of drug-likeness (QED) is 0.507. The van der Waals surface area contributed by atoms with Crippen molar-refractivity contribution in [1.82, 2.24) is 10.4 Å². The Morgan fingerprint density at radius 1 is 1.43 bits per heavy atom. The molecule has 4 N–H and O–H groups in total. The Labute approximate surface area is 83.3 Å². The van der Waals surface area contributed by atoms with Crippen LogP contribution in [0.4, 0.5) is 0 Å². The number of H-pyrrole nitrogens is 1. The van der Waals surface area contributed by atoms with E-state index in [1.807, 2.05) is 6.07 Å². The molecule has 0 spiro atoms. The number of hydrazine groups is 1. The van der Waals surface area contributed by atoms with Crippen molar-refractivity contribution in [3.8, 4) is 0 Å². The van der Waals surface area contributed by atoms with Crippen molar-refractivity contribution in [3.63, 3.8) is 0 Å². The fraction of sp³-hybridized carbons (Fsp3) is 0.273. The Hall–Kier alpha value is -1.32. The molecule has 0 aliphatic heterocycles. The van der Waals surface area contributed by atoms with E-state index in [9.17, 15) is 0 Å². The smallest absolute Gasteiger partial charge is 0.0456 e. The minimum atomic E-state index is 0.300. The number of aromatic nitrogens is 1. The first-order valence-electron chi connectivity index (χ1n) is 4.82. The van der Waals surface area contributed by atoms with Crippen molar-refractivity contribution >= 4 is 10.9 Å². The second-order valence-electron chi connectivity index (χ2n) is 3.63. The molecule has 1 heterocycles. The summed E-state index contributed by atoms with van der Waals surface area (Å²) in [7, 11) is 0. The average Bonchev–Trinajstić information content (AvgIpc) is 2.62. The first-order valence-corrected chi connectivity index (χ1v) is 4.82. The molecule has 0 saturated heterocycles. The minimum absolute atomic E-state index is 0.300. The van der Waals surface area contributed by atoms with Crippen molar-refractivity contribution in [1.29, 1.82) is 0 Å². The number of fused-ring (bicyclic) bond motifs is 1. The van der Waals surface area contributed by atoms with Gasteiger partial charge in [-0.05, 0) is 25.0 Å². The van der Waals surface area contributed by atoms with Crippen molar-refractivity contribution in [2.45, 2.75) is 19.4 Å². The van der Waals surface area contributed by atoms with Gasteiger partial charge in [-0.2, -0.15) is 0 Å².